The van der Waals surface area contributed by atoms with Crippen LogP contribution in [0.2, 0.25) is 0 Å². The molecule has 0 aliphatic carbocycles. The number of benzene rings is 3. The Morgan fingerprint density at radius 1 is 1.00 bits per heavy atom. The van der Waals surface area contributed by atoms with E-state index in [4.69, 9.17) is 4.74 Å². The lowest BCUT2D eigenvalue weighted by atomic mass is 9.93. The summed E-state index contributed by atoms with van der Waals surface area (Å²) in [6.07, 6.45) is 0.723. The highest BCUT2D eigenvalue weighted by atomic mass is 16.5. The summed E-state index contributed by atoms with van der Waals surface area (Å²) in [5.74, 6) is -0.655. The molecule has 1 unspecified atom stereocenters. The minimum atomic E-state index is -0.733. The highest BCUT2D eigenvalue weighted by Crippen LogP contribution is 2.42. The third kappa shape index (κ3) is 4.67. The molecule has 0 saturated heterocycles. The summed E-state index contributed by atoms with van der Waals surface area (Å²) >= 11 is 0. The maximum absolute atomic E-state index is 13.4. The number of anilines is 1. The Bertz CT molecular complexity index is 1200. The Balaban J connectivity index is 1.75. The second-order valence-corrected chi connectivity index (χ2v) is 8.09. The van der Waals surface area contributed by atoms with Crippen LogP contribution in [-0.4, -0.2) is 23.4 Å². The van der Waals surface area contributed by atoms with Crippen LogP contribution in [0.25, 0.3) is 0 Å². The van der Waals surface area contributed by atoms with Crippen molar-refractivity contribution in [3.05, 3.63) is 107 Å². The number of aliphatic hydroxyl groups is 1. The molecule has 33 heavy (non-hydrogen) atoms. The smallest absolute Gasteiger partial charge is 0.294 e. The lowest BCUT2D eigenvalue weighted by Crippen LogP contribution is -2.31. The lowest BCUT2D eigenvalue weighted by Gasteiger charge is -2.27. The van der Waals surface area contributed by atoms with Crippen LogP contribution >= 0.6 is 0 Å². The number of amides is 1. The van der Waals surface area contributed by atoms with Crippen molar-refractivity contribution in [2.45, 2.75) is 32.7 Å². The summed E-state index contributed by atoms with van der Waals surface area (Å²) in [7, 11) is 0. The number of aliphatic hydroxyl groups excluding tert-OH is 1. The molecule has 1 atom stereocenters. The van der Waals surface area contributed by atoms with Crippen LogP contribution in [0.5, 0.6) is 5.75 Å². The normalized spacial score (nSPS) is 15.8. The summed E-state index contributed by atoms with van der Waals surface area (Å²) in [5, 5.41) is 10.9. The van der Waals surface area contributed by atoms with Gasteiger partial charge in [0.25, 0.3) is 5.91 Å². The fraction of sp³-hybridized carbons (Fsp3) is 0.214. The van der Waals surface area contributed by atoms with E-state index in [1.165, 1.54) is 4.90 Å². The molecular formula is C28H27NO4. The number of carbonyl (C=O) groups excluding carboxylic acids is 2. The van der Waals surface area contributed by atoms with Crippen molar-refractivity contribution in [1.29, 1.82) is 0 Å². The standard InChI is InChI=1S/C28H27NO4/c1-3-33-23-14-8-12-21(18-23)26-25(24(30)16-15-20-10-5-4-6-11-20)27(31)28(32)29(26)22-13-7-9-19(2)17-22/h4-14,17-18,26,31H,3,15-16H2,1-2H3. The van der Waals surface area contributed by atoms with Gasteiger partial charge in [-0.1, -0.05) is 54.6 Å². The molecule has 0 spiro atoms. The topological polar surface area (TPSA) is 66.8 Å². The third-order valence-corrected chi connectivity index (χ3v) is 5.76. The Hall–Kier alpha value is -3.86. The van der Waals surface area contributed by atoms with E-state index in [-0.39, 0.29) is 17.8 Å². The number of carbonyl (C=O) groups is 2. The maximum atomic E-state index is 13.4. The fourth-order valence-corrected chi connectivity index (χ4v) is 4.23. The van der Waals surface area contributed by atoms with Crippen molar-refractivity contribution in [2.24, 2.45) is 0 Å². The molecule has 0 aromatic heterocycles. The van der Waals surface area contributed by atoms with Gasteiger partial charge in [-0.05, 0) is 61.2 Å². The number of ketones is 1. The molecule has 1 N–H and O–H groups in total. The molecular weight excluding hydrogens is 414 g/mol. The Morgan fingerprint density at radius 3 is 2.48 bits per heavy atom. The van der Waals surface area contributed by atoms with Gasteiger partial charge in [-0.3, -0.25) is 14.5 Å². The van der Waals surface area contributed by atoms with Crippen LogP contribution < -0.4 is 9.64 Å². The van der Waals surface area contributed by atoms with Gasteiger partial charge in [0.05, 0.1) is 18.2 Å². The first-order chi connectivity index (χ1) is 16.0. The first-order valence-electron chi connectivity index (χ1n) is 11.1. The summed E-state index contributed by atoms with van der Waals surface area (Å²) in [6.45, 7) is 4.33. The van der Waals surface area contributed by atoms with E-state index < -0.39 is 17.7 Å². The van der Waals surface area contributed by atoms with Crippen LogP contribution in [0.4, 0.5) is 5.69 Å². The first kappa shape index (κ1) is 22.3. The largest absolute Gasteiger partial charge is 0.503 e. The minimum Gasteiger partial charge on any atom is -0.503 e. The van der Waals surface area contributed by atoms with E-state index in [1.807, 2.05) is 92.7 Å². The Kier molecular flexibility index (Phi) is 6.59. The summed E-state index contributed by atoms with van der Waals surface area (Å²) < 4.78 is 5.65. The second-order valence-electron chi connectivity index (χ2n) is 8.09. The molecule has 0 bridgehead atoms. The fourth-order valence-electron chi connectivity index (χ4n) is 4.23. The number of rotatable bonds is 8. The van der Waals surface area contributed by atoms with Gasteiger partial charge in [-0.25, -0.2) is 0 Å². The molecule has 0 radical (unpaired) electrons. The van der Waals surface area contributed by atoms with E-state index in [1.54, 1.807) is 0 Å². The van der Waals surface area contributed by atoms with E-state index in [9.17, 15) is 14.7 Å². The van der Waals surface area contributed by atoms with Gasteiger partial charge in [-0.2, -0.15) is 0 Å². The zero-order valence-electron chi connectivity index (χ0n) is 18.8. The SMILES string of the molecule is CCOc1cccc(C2C(C(=O)CCc3ccccc3)=C(O)C(=O)N2c2cccc(C)c2)c1. The lowest BCUT2D eigenvalue weighted by molar-refractivity contribution is -0.118. The molecule has 0 saturated carbocycles. The number of ether oxygens (including phenoxy) is 1. The molecule has 168 valence electrons. The number of Topliss-reactive ketones (excluding diaryl/α,β-unsaturated/α-hetero) is 1. The van der Waals surface area contributed by atoms with Crippen LogP contribution in [-0.2, 0) is 16.0 Å². The highest BCUT2D eigenvalue weighted by molar-refractivity contribution is 6.16. The van der Waals surface area contributed by atoms with Gasteiger partial charge >= 0.3 is 0 Å². The predicted molar refractivity (Wildman–Crippen MR) is 128 cm³/mol. The van der Waals surface area contributed by atoms with E-state index in [2.05, 4.69) is 0 Å². The quantitative estimate of drug-likeness (QED) is 0.502. The van der Waals surface area contributed by atoms with Gasteiger partial charge in [0.2, 0.25) is 0 Å². The molecule has 1 aliphatic heterocycles. The van der Waals surface area contributed by atoms with Crippen LogP contribution in [0.3, 0.4) is 0 Å². The molecule has 3 aromatic carbocycles. The molecule has 0 fully saturated rings. The van der Waals surface area contributed by atoms with E-state index in [0.717, 1.165) is 11.1 Å². The molecule has 1 amide bonds. The van der Waals surface area contributed by atoms with Crippen molar-refractivity contribution in [3.63, 3.8) is 0 Å². The zero-order chi connectivity index (χ0) is 23.4. The van der Waals surface area contributed by atoms with Crippen LogP contribution in [0.1, 0.15) is 36.1 Å². The second kappa shape index (κ2) is 9.74. The van der Waals surface area contributed by atoms with Gasteiger partial charge in [0.1, 0.15) is 5.75 Å². The van der Waals surface area contributed by atoms with Crippen LogP contribution in [0.15, 0.2) is 90.2 Å². The van der Waals surface area contributed by atoms with Crippen molar-refractivity contribution >= 4 is 17.4 Å². The number of hydrogen-bond donors (Lipinski definition) is 1. The van der Waals surface area contributed by atoms with Crippen molar-refractivity contribution in [1.82, 2.24) is 0 Å². The van der Waals surface area contributed by atoms with E-state index >= 15 is 0 Å². The van der Waals surface area contributed by atoms with Crippen LogP contribution in [0, 0.1) is 6.92 Å². The Labute approximate surface area is 193 Å². The molecule has 4 rings (SSSR count). The summed E-state index contributed by atoms with van der Waals surface area (Å²) in [5.41, 5.74) is 3.48. The van der Waals surface area contributed by atoms with E-state index in [0.29, 0.717) is 30.0 Å². The summed E-state index contributed by atoms with van der Waals surface area (Å²) in [6, 6.07) is 23.8. The van der Waals surface area contributed by atoms with Gasteiger partial charge in [-0.15, -0.1) is 0 Å². The molecule has 3 aromatic rings. The first-order valence-corrected chi connectivity index (χ1v) is 11.1. The highest BCUT2D eigenvalue weighted by Gasteiger charge is 2.44. The van der Waals surface area contributed by atoms with Gasteiger partial charge < -0.3 is 9.84 Å². The maximum Gasteiger partial charge on any atom is 0.294 e. The molecule has 5 heteroatoms. The van der Waals surface area contributed by atoms with Crippen molar-refractivity contribution in [3.8, 4) is 5.75 Å². The van der Waals surface area contributed by atoms with Crippen molar-refractivity contribution < 1.29 is 19.4 Å². The summed E-state index contributed by atoms with van der Waals surface area (Å²) in [4.78, 5) is 28.1. The monoisotopic (exact) mass is 441 g/mol. The zero-order valence-corrected chi connectivity index (χ0v) is 18.8. The Morgan fingerprint density at radius 2 is 1.76 bits per heavy atom. The number of nitrogens with zero attached hydrogens (tertiary/aromatic N) is 1. The average molecular weight is 442 g/mol. The van der Waals surface area contributed by atoms with Gasteiger partial charge in [0.15, 0.2) is 11.5 Å². The predicted octanol–water partition coefficient (Wildman–Crippen LogP) is 5.50. The number of hydrogen-bond acceptors (Lipinski definition) is 4. The molecule has 1 aliphatic rings. The number of aryl methyl sites for hydroxylation is 2. The van der Waals surface area contributed by atoms with Crippen molar-refractivity contribution in [2.75, 3.05) is 11.5 Å². The third-order valence-electron chi connectivity index (χ3n) is 5.76. The minimum absolute atomic E-state index is 0.131. The van der Waals surface area contributed by atoms with Gasteiger partial charge in [0, 0.05) is 12.1 Å². The molecule has 1 heterocycles. The average Bonchev–Trinajstić information content (AvgIpc) is 3.09. The molecule has 5 nitrogen and oxygen atoms in total.